The van der Waals surface area contributed by atoms with Gasteiger partial charge in [-0.1, -0.05) is 48.0 Å². The van der Waals surface area contributed by atoms with Gasteiger partial charge in [0.25, 0.3) is 0 Å². The van der Waals surface area contributed by atoms with Gasteiger partial charge >= 0.3 is 0 Å². The van der Waals surface area contributed by atoms with Gasteiger partial charge in [-0.05, 0) is 42.5 Å². The third-order valence-corrected chi connectivity index (χ3v) is 7.48. The molecule has 0 saturated carbocycles. The van der Waals surface area contributed by atoms with Crippen LogP contribution in [-0.2, 0) is 0 Å². The number of nitrogens with one attached hydrogen (secondary N) is 1. The van der Waals surface area contributed by atoms with Crippen LogP contribution in [0.15, 0.2) is 101 Å². The molecular weight excluding hydrogens is 538 g/mol. The lowest BCUT2D eigenvalue weighted by molar-refractivity contribution is -0.253. The predicted molar refractivity (Wildman–Crippen MR) is 162 cm³/mol. The lowest BCUT2D eigenvalue weighted by atomic mass is 9.90. The lowest BCUT2D eigenvalue weighted by Gasteiger charge is -2.22. The molecule has 2 heterocycles. The number of quaternary nitrogens is 1. The fraction of sp³-hybridized carbons (Fsp3) is 0.0606. The highest BCUT2D eigenvalue weighted by molar-refractivity contribution is 6.31. The molecule has 1 unspecified atom stereocenters. The van der Waals surface area contributed by atoms with Crippen LogP contribution in [0.3, 0.4) is 0 Å². The number of para-hydroxylation sites is 1. The third kappa shape index (κ3) is 4.51. The number of carbonyl (C=O) groups is 1. The Labute approximate surface area is 239 Å². The zero-order valence-electron chi connectivity index (χ0n) is 22.1. The molecule has 0 amide bonds. The van der Waals surface area contributed by atoms with Crippen LogP contribution in [0.4, 0.5) is 11.4 Å². The zero-order valence-corrected chi connectivity index (χ0v) is 22.8. The first-order chi connectivity index (χ1) is 19.8. The van der Waals surface area contributed by atoms with Crippen molar-refractivity contribution < 1.29 is 20.1 Å². The number of fused-ring (bicyclic) bond motifs is 3. The second-order valence-electron chi connectivity index (χ2n) is 9.78. The first-order valence-corrected chi connectivity index (χ1v) is 13.3. The molecule has 0 saturated heterocycles. The van der Waals surface area contributed by atoms with Crippen LogP contribution >= 0.6 is 11.6 Å². The van der Waals surface area contributed by atoms with E-state index in [9.17, 15) is 14.7 Å². The van der Waals surface area contributed by atoms with Crippen LogP contribution in [0.25, 0.3) is 44.3 Å². The Kier molecular flexibility index (Phi) is 6.53. The van der Waals surface area contributed by atoms with Gasteiger partial charge in [-0.3, -0.25) is 9.59 Å². The highest BCUT2D eigenvalue weighted by Gasteiger charge is 2.26. The summed E-state index contributed by atoms with van der Waals surface area (Å²) < 4.78 is 6.37. The number of hydrogen-bond donors (Lipinski definition) is 3. The molecule has 7 nitrogen and oxygen atoms in total. The molecule has 0 spiro atoms. The molecule has 8 heteroatoms. The Morgan fingerprint density at radius 2 is 1.88 bits per heavy atom. The zero-order chi connectivity index (χ0) is 28.8. The summed E-state index contributed by atoms with van der Waals surface area (Å²) in [6.07, 6.45) is 1.65. The first kappa shape index (κ1) is 26.3. The minimum atomic E-state index is -0.643. The Bertz CT molecular complexity index is 2050. The van der Waals surface area contributed by atoms with Crippen molar-refractivity contribution >= 4 is 50.6 Å². The molecule has 202 valence electrons. The van der Waals surface area contributed by atoms with Crippen molar-refractivity contribution in [2.75, 3.05) is 5.32 Å². The fourth-order valence-electron chi connectivity index (χ4n) is 5.20. The predicted octanol–water partition coefficient (Wildman–Crippen LogP) is 6.89. The van der Waals surface area contributed by atoms with E-state index in [0.29, 0.717) is 44.8 Å². The molecule has 41 heavy (non-hydrogen) atoms. The SMILES string of the molecule is C=CC(Nc1cccc2ccc(C(C)=O)nc12)c1c(O)ccc2c(-c3ccccc3[NH3+])c3cc(Cl)c(=O)cc-3oc12. The van der Waals surface area contributed by atoms with Crippen LogP contribution in [0, 0.1) is 0 Å². The third-order valence-electron chi connectivity index (χ3n) is 7.18. The summed E-state index contributed by atoms with van der Waals surface area (Å²) in [5.74, 6) is 0.147. The Morgan fingerprint density at radius 1 is 1.07 bits per heavy atom. The molecule has 0 radical (unpaired) electrons. The number of aromatic nitrogens is 1. The lowest BCUT2D eigenvalue weighted by Crippen LogP contribution is -2.40. The fourth-order valence-corrected chi connectivity index (χ4v) is 5.36. The topological polar surface area (TPSA) is 120 Å². The second kappa shape index (κ2) is 10.2. The van der Waals surface area contributed by atoms with Crippen molar-refractivity contribution in [2.24, 2.45) is 0 Å². The molecule has 2 aliphatic rings. The Balaban J connectivity index is 1.63. The van der Waals surface area contributed by atoms with Crippen molar-refractivity contribution in [1.82, 2.24) is 4.98 Å². The first-order valence-electron chi connectivity index (χ1n) is 12.9. The van der Waals surface area contributed by atoms with E-state index in [1.54, 1.807) is 30.3 Å². The maximum Gasteiger partial charge on any atom is 0.200 e. The number of ketones is 1. The number of benzene rings is 4. The number of phenols is 1. The number of Topliss-reactive ketones (excluding diaryl/α,β-unsaturated/α-hetero) is 1. The molecule has 4 aromatic rings. The molecular formula is C33H25ClN3O4+. The van der Waals surface area contributed by atoms with Crippen molar-refractivity contribution in [1.29, 1.82) is 0 Å². The molecule has 0 fully saturated rings. The Morgan fingerprint density at radius 3 is 2.63 bits per heavy atom. The van der Waals surface area contributed by atoms with E-state index < -0.39 is 6.04 Å². The summed E-state index contributed by atoms with van der Waals surface area (Å²) in [6.45, 7) is 5.49. The van der Waals surface area contributed by atoms with Crippen LogP contribution in [0.5, 0.6) is 5.75 Å². The smallest absolute Gasteiger partial charge is 0.200 e. The maximum absolute atomic E-state index is 12.6. The summed E-state index contributed by atoms with van der Waals surface area (Å²) in [5.41, 5.74) is 9.25. The number of pyridine rings is 1. The van der Waals surface area contributed by atoms with Crippen LogP contribution in [-0.4, -0.2) is 15.9 Å². The van der Waals surface area contributed by atoms with Crippen LogP contribution in [0.2, 0.25) is 5.02 Å². The number of aromatic hydroxyl groups is 1. The molecule has 3 aromatic carbocycles. The molecule has 1 atom stereocenters. The van der Waals surface area contributed by atoms with Crippen LogP contribution < -0.4 is 16.5 Å². The number of halogens is 1. The van der Waals surface area contributed by atoms with Gasteiger partial charge in [-0.2, -0.15) is 0 Å². The maximum atomic E-state index is 12.6. The van der Waals surface area contributed by atoms with E-state index in [1.807, 2.05) is 48.5 Å². The summed E-state index contributed by atoms with van der Waals surface area (Å²) >= 11 is 6.28. The van der Waals surface area contributed by atoms with Crippen LogP contribution in [0.1, 0.15) is 29.0 Å². The van der Waals surface area contributed by atoms with Gasteiger partial charge in [0, 0.05) is 40.5 Å². The molecule has 1 aromatic heterocycles. The summed E-state index contributed by atoms with van der Waals surface area (Å²) in [6, 6.07) is 22.5. The second-order valence-corrected chi connectivity index (χ2v) is 10.2. The monoisotopic (exact) mass is 562 g/mol. The van der Waals surface area contributed by atoms with Gasteiger partial charge in [0.1, 0.15) is 28.5 Å². The standard InChI is InChI=1S/C33H24ClN3O4/c1-3-24(36-26-10-6-7-18-11-13-25(17(2)38)37-32(18)26)31-27(39)14-12-20-30(19-8-4-5-9-23(19)35)21-15-22(34)28(40)16-29(21)41-33(20)31/h3-16,24,36,39H,1,35H2,2H3/p+1. The number of carbonyl (C=O) groups excluding carboxylic acids is 1. The highest BCUT2D eigenvalue weighted by atomic mass is 35.5. The number of rotatable bonds is 6. The van der Waals surface area contributed by atoms with Gasteiger partial charge in [-0.15, -0.1) is 6.58 Å². The summed E-state index contributed by atoms with van der Waals surface area (Å²) in [5, 5.41) is 16.2. The van der Waals surface area contributed by atoms with Gasteiger partial charge in [0.2, 0.25) is 5.43 Å². The van der Waals surface area contributed by atoms with E-state index >= 15 is 0 Å². The number of hydrogen-bond acceptors (Lipinski definition) is 6. The molecule has 1 aliphatic carbocycles. The summed E-state index contributed by atoms with van der Waals surface area (Å²) in [4.78, 5) is 29.2. The van der Waals surface area contributed by atoms with Crippen molar-refractivity contribution in [3.05, 3.63) is 118 Å². The summed E-state index contributed by atoms with van der Waals surface area (Å²) in [7, 11) is 0. The largest absolute Gasteiger partial charge is 0.507 e. The minimum absolute atomic E-state index is 0.0270. The van der Waals surface area contributed by atoms with Crippen molar-refractivity contribution in [2.45, 2.75) is 13.0 Å². The Hall–Kier alpha value is -4.98. The molecule has 6 rings (SSSR count). The van der Waals surface area contributed by atoms with Crippen molar-refractivity contribution in [3.63, 3.8) is 0 Å². The van der Waals surface area contributed by atoms with Gasteiger partial charge in [-0.25, -0.2) is 4.98 Å². The van der Waals surface area contributed by atoms with Gasteiger partial charge < -0.3 is 20.6 Å². The van der Waals surface area contributed by atoms with Gasteiger partial charge in [0.05, 0.1) is 27.8 Å². The van der Waals surface area contributed by atoms with E-state index in [2.05, 4.69) is 22.6 Å². The highest BCUT2D eigenvalue weighted by Crippen LogP contribution is 2.46. The number of phenolic OH excluding ortho intramolecular Hbond substituents is 1. The normalized spacial score (nSPS) is 12.1. The van der Waals surface area contributed by atoms with Crippen molar-refractivity contribution in [3.8, 4) is 28.2 Å². The average Bonchev–Trinajstić information content (AvgIpc) is 2.96. The molecule has 0 bridgehead atoms. The number of nitrogens with zero attached hydrogens (tertiary/aromatic N) is 1. The minimum Gasteiger partial charge on any atom is -0.507 e. The molecule has 1 aliphatic heterocycles. The number of anilines is 1. The molecule has 5 N–H and O–H groups in total. The van der Waals surface area contributed by atoms with E-state index in [4.69, 9.17) is 16.0 Å². The average molecular weight is 563 g/mol. The quantitative estimate of drug-likeness (QED) is 0.115. The van der Waals surface area contributed by atoms with E-state index in [0.717, 1.165) is 22.2 Å². The van der Waals surface area contributed by atoms with Gasteiger partial charge in [0.15, 0.2) is 5.78 Å². The van der Waals surface area contributed by atoms with E-state index in [-0.39, 0.29) is 22.0 Å². The van der Waals surface area contributed by atoms with E-state index in [1.165, 1.54) is 13.0 Å².